The molecule has 0 aliphatic carbocycles. The van der Waals surface area contributed by atoms with Crippen LogP contribution in [0.25, 0.3) is 10.9 Å². The number of thioether (sulfide) groups is 1. The van der Waals surface area contributed by atoms with Crippen LogP contribution in [0.3, 0.4) is 0 Å². The summed E-state index contributed by atoms with van der Waals surface area (Å²) in [5.41, 5.74) is 5.31. The number of fused-ring (bicyclic) bond motifs is 1. The maximum absolute atomic E-state index is 12.7. The number of nitrogens with two attached hydrogens (primary N) is 1. The van der Waals surface area contributed by atoms with E-state index in [9.17, 15) is 14.4 Å². The molecule has 9 heteroatoms. The molecule has 0 aliphatic heterocycles. The normalized spacial score (nSPS) is 10.8. The summed E-state index contributed by atoms with van der Waals surface area (Å²) in [6.45, 7) is 3.47. The molecule has 0 unspecified atom stereocenters. The van der Waals surface area contributed by atoms with E-state index in [1.807, 2.05) is 12.2 Å². The third kappa shape index (κ3) is 5.30. The van der Waals surface area contributed by atoms with E-state index in [4.69, 9.17) is 10.5 Å². The minimum atomic E-state index is -0.911. The largest absolute Gasteiger partial charge is 0.382 e. The third-order valence-electron chi connectivity index (χ3n) is 3.30. The molecule has 2 aromatic rings. The fourth-order valence-corrected chi connectivity index (χ4v) is 3.05. The summed E-state index contributed by atoms with van der Waals surface area (Å²) in [7, 11) is 0. The van der Waals surface area contributed by atoms with Gasteiger partial charge in [0.25, 0.3) is 5.56 Å². The first-order valence-electron chi connectivity index (χ1n) is 7.82. The summed E-state index contributed by atoms with van der Waals surface area (Å²) in [5, 5.41) is 2.92. The lowest BCUT2D eigenvalue weighted by atomic mass is 10.2. The summed E-state index contributed by atoms with van der Waals surface area (Å²) < 4.78 is 6.84. The average Bonchev–Trinajstić information content (AvgIpc) is 2.58. The number of amides is 3. The lowest BCUT2D eigenvalue weighted by molar-refractivity contribution is -0.117. The van der Waals surface area contributed by atoms with E-state index in [0.717, 1.165) is 11.8 Å². The molecule has 1 aromatic carbocycles. The third-order valence-corrected chi connectivity index (χ3v) is 4.27. The van der Waals surface area contributed by atoms with Crippen LogP contribution in [0.2, 0.25) is 0 Å². The smallest absolute Gasteiger partial charge is 0.318 e. The number of benzene rings is 1. The summed E-state index contributed by atoms with van der Waals surface area (Å²) in [6.07, 6.45) is 0.648. The van der Waals surface area contributed by atoms with Gasteiger partial charge in [-0.15, -0.1) is 0 Å². The number of nitrogens with zero attached hydrogens (tertiary/aromatic N) is 2. The molecule has 0 atom stereocenters. The van der Waals surface area contributed by atoms with Gasteiger partial charge in [0.05, 0.1) is 16.7 Å². The first-order chi connectivity index (χ1) is 12.0. The highest BCUT2D eigenvalue weighted by Crippen LogP contribution is 2.18. The zero-order chi connectivity index (χ0) is 18.2. The van der Waals surface area contributed by atoms with Crippen LogP contribution in [0, 0.1) is 0 Å². The van der Waals surface area contributed by atoms with E-state index >= 15 is 0 Å². The lowest BCUT2D eigenvalue weighted by Crippen LogP contribution is -2.36. The van der Waals surface area contributed by atoms with Gasteiger partial charge in [-0.3, -0.25) is 19.5 Å². The second-order valence-electron chi connectivity index (χ2n) is 5.12. The quantitative estimate of drug-likeness (QED) is 0.412. The van der Waals surface area contributed by atoms with Crippen LogP contribution in [0.5, 0.6) is 0 Å². The Morgan fingerprint density at radius 2 is 2.12 bits per heavy atom. The van der Waals surface area contributed by atoms with Crippen molar-refractivity contribution in [3.05, 3.63) is 34.6 Å². The predicted molar refractivity (Wildman–Crippen MR) is 95.6 cm³/mol. The molecule has 0 bridgehead atoms. The van der Waals surface area contributed by atoms with Gasteiger partial charge in [-0.25, -0.2) is 9.78 Å². The first-order valence-corrected chi connectivity index (χ1v) is 8.81. The summed E-state index contributed by atoms with van der Waals surface area (Å²) >= 11 is 1.08. The van der Waals surface area contributed by atoms with Gasteiger partial charge in [-0.2, -0.15) is 0 Å². The maximum atomic E-state index is 12.7. The molecular formula is C16H20N4O4S. The van der Waals surface area contributed by atoms with Crippen LogP contribution in [-0.2, 0) is 16.1 Å². The number of ether oxygens (including phenoxy) is 1. The van der Waals surface area contributed by atoms with Crippen molar-refractivity contribution in [2.75, 3.05) is 19.0 Å². The van der Waals surface area contributed by atoms with E-state index in [-0.39, 0.29) is 11.3 Å². The molecule has 0 spiro atoms. The van der Waals surface area contributed by atoms with Crippen molar-refractivity contribution in [3.8, 4) is 0 Å². The molecule has 0 saturated heterocycles. The van der Waals surface area contributed by atoms with Crippen LogP contribution in [-0.4, -0.2) is 40.5 Å². The van der Waals surface area contributed by atoms with Crippen molar-refractivity contribution < 1.29 is 14.3 Å². The number of aromatic nitrogens is 2. The van der Waals surface area contributed by atoms with E-state index < -0.39 is 11.9 Å². The number of carbonyl (C=O) groups is 2. The lowest BCUT2D eigenvalue weighted by Gasteiger charge is -2.13. The first kappa shape index (κ1) is 18.9. The van der Waals surface area contributed by atoms with Gasteiger partial charge in [0.1, 0.15) is 0 Å². The molecule has 2 rings (SSSR count). The predicted octanol–water partition coefficient (Wildman–Crippen LogP) is 1.11. The minimum Gasteiger partial charge on any atom is -0.382 e. The van der Waals surface area contributed by atoms with Crippen molar-refractivity contribution in [2.45, 2.75) is 25.0 Å². The molecule has 0 saturated carbocycles. The number of primary amides is 1. The Morgan fingerprint density at radius 3 is 2.84 bits per heavy atom. The van der Waals surface area contributed by atoms with Crippen LogP contribution in [0.4, 0.5) is 4.79 Å². The zero-order valence-electron chi connectivity index (χ0n) is 13.9. The number of nitrogens with one attached hydrogen (secondary N) is 1. The van der Waals surface area contributed by atoms with Gasteiger partial charge in [-0.05, 0) is 25.5 Å². The number of hydrogen-bond donors (Lipinski definition) is 2. The van der Waals surface area contributed by atoms with E-state index in [0.29, 0.717) is 42.2 Å². The molecule has 25 heavy (non-hydrogen) atoms. The monoisotopic (exact) mass is 364 g/mol. The molecule has 3 amide bonds. The summed E-state index contributed by atoms with van der Waals surface area (Å²) in [4.78, 5) is 39.5. The molecule has 0 radical (unpaired) electrons. The SMILES string of the molecule is CCOCCCn1c(SCC(=O)NC(N)=O)nc2ccccc2c1=O. The highest BCUT2D eigenvalue weighted by molar-refractivity contribution is 7.99. The molecule has 1 heterocycles. The molecule has 134 valence electrons. The van der Waals surface area contributed by atoms with Gasteiger partial charge in [0.2, 0.25) is 5.91 Å². The number of rotatable bonds is 8. The van der Waals surface area contributed by atoms with Crippen LogP contribution in [0.1, 0.15) is 13.3 Å². The van der Waals surface area contributed by atoms with Crippen molar-refractivity contribution in [2.24, 2.45) is 5.73 Å². The Hall–Kier alpha value is -2.39. The van der Waals surface area contributed by atoms with E-state index in [1.54, 1.807) is 24.3 Å². The summed E-state index contributed by atoms with van der Waals surface area (Å²) in [5.74, 6) is -0.611. The number of carbonyl (C=O) groups excluding carboxylic acids is 2. The Kier molecular flexibility index (Phi) is 6.96. The number of para-hydroxylation sites is 1. The standard InChI is InChI=1S/C16H20N4O4S/c1-2-24-9-5-8-20-14(22)11-6-3-4-7-12(11)18-16(20)25-10-13(21)19-15(17)23/h3-4,6-7H,2,5,8-10H2,1H3,(H3,17,19,21,23). The topological polar surface area (TPSA) is 116 Å². The highest BCUT2D eigenvalue weighted by atomic mass is 32.2. The van der Waals surface area contributed by atoms with Gasteiger partial charge >= 0.3 is 6.03 Å². The number of imide groups is 1. The second kappa shape index (κ2) is 9.19. The van der Waals surface area contributed by atoms with Gasteiger partial charge in [0, 0.05) is 19.8 Å². The Bertz CT molecular complexity index is 821. The minimum absolute atomic E-state index is 0.0703. The van der Waals surface area contributed by atoms with Crippen molar-refractivity contribution in [3.63, 3.8) is 0 Å². The molecular weight excluding hydrogens is 344 g/mol. The Morgan fingerprint density at radius 1 is 1.36 bits per heavy atom. The Labute approximate surface area is 148 Å². The van der Waals surface area contributed by atoms with Crippen molar-refractivity contribution >= 4 is 34.6 Å². The Balaban J connectivity index is 2.26. The highest BCUT2D eigenvalue weighted by Gasteiger charge is 2.13. The van der Waals surface area contributed by atoms with Gasteiger partial charge in [-0.1, -0.05) is 23.9 Å². The van der Waals surface area contributed by atoms with Gasteiger partial charge < -0.3 is 10.5 Å². The van der Waals surface area contributed by atoms with Crippen LogP contribution in [0.15, 0.2) is 34.2 Å². The molecule has 8 nitrogen and oxygen atoms in total. The van der Waals surface area contributed by atoms with Crippen LogP contribution >= 0.6 is 11.8 Å². The second-order valence-corrected chi connectivity index (χ2v) is 6.06. The molecule has 1 aromatic heterocycles. The average molecular weight is 364 g/mol. The van der Waals surface area contributed by atoms with E-state index in [1.165, 1.54) is 4.57 Å². The number of urea groups is 1. The molecule has 0 aliphatic rings. The number of hydrogen-bond acceptors (Lipinski definition) is 6. The summed E-state index contributed by atoms with van der Waals surface area (Å²) in [6, 6.07) is 6.13. The molecule has 3 N–H and O–H groups in total. The van der Waals surface area contributed by atoms with Crippen molar-refractivity contribution in [1.82, 2.24) is 14.9 Å². The fraction of sp³-hybridized carbons (Fsp3) is 0.375. The fourth-order valence-electron chi connectivity index (χ4n) is 2.23. The van der Waals surface area contributed by atoms with Crippen LogP contribution < -0.4 is 16.6 Å². The zero-order valence-corrected chi connectivity index (χ0v) is 14.7. The van der Waals surface area contributed by atoms with Gasteiger partial charge in [0.15, 0.2) is 5.16 Å². The van der Waals surface area contributed by atoms with Crippen molar-refractivity contribution in [1.29, 1.82) is 0 Å². The maximum Gasteiger partial charge on any atom is 0.318 e. The van der Waals surface area contributed by atoms with E-state index in [2.05, 4.69) is 4.98 Å². The molecule has 0 fully saturated rings.